The standard InChI is InChI=1S/C16H15N3O2S/c20-12-4-1-3-11(9-12)14-10-15(19-16(21)18-14)17-7-6-13-5-2-8-22-13/h1-5,8-10,20H,6-7H2,(H2,17,18,19,21). The number of aromatic hydroxyl groups is 2. The van der Waals surface area contributed by atoms with Gasteiger partial charge in [-0.2, -0.15) is 9.97 Å². The zero-order chi connectivity index (χ0) is 15.4. The maximum absolute atomic E-state index is 9.69. The van der Waals surface area contributed by atoms with E-state index >= 15 is 0 Å². The molecule has 3 N–H and O–H groups in total. The highest BCUT2D eigenvalue weighted by Crippen LogP contribution is 2.24. The van der Waals surface area contributed by atoms with Crippen LogP contribution in [0.25, 0.3) is 11.3 Å². The average molecular weight is 313 g/mol. The lowest BCUT2D eigenvalue weighted by atomic mass is 10.1. The van der Waals surface area contributed by atoms with Crippen molar-refractivity contribution in [2.75, 3.05) is 11.9 Å². The molecule has 0 amide bonds. The lowest BCUT2D eigenvalue weighted by molar-refractivity contribution is 0.432. The molecule has 3 rings (SSSR count). The maximum atomic E-state index is 9.69. The third kappa shape index (κ3) is 3.53. The van der Waals surface area contributed by atoms with Crippen LogP contribution in [0.3, 0.4) is 0 Å². The second-order valence-electron chi connectivity index (χ2n) is 4.74. The number of aromatic nitrogens is 2. The first-order valence-corrected chi connectivity index (χ1v) is 7.72. The summed E-state index contributed by atoms with van der Waals surface area (Å²) in [6, 6.07) is 12.3. The van der Waals surface area contributed by atoms with Gasteiger partial charge in [-0.15, -0.1) is 11.3 Å². The summed E-state index contributed by atoms with van der Waals surface area (Å²) in [5, 5.41) is 24.5. The van der Waals surface area contributed by atoms with Gasteiger partial charge in [0.1, 0.15) is 11.6 Å². The van der Waals surface area contributed by atoms with Crippen molar-refractivity contribution in [2.24, 2.45) is 0 Å². The largest absolute Gasteiger partial charge is 0.508 e. The Labute approximate surface area is 131 Å². The van der Waals surface area contributed by atoms with Gasteiger partial charge >= 0.3 is 6.01 Å². The maximum Gasteiger partial charge on any atom is 0.316 e. The summed E-state index contributed by atoms with van der Waals surface area (Å²) >= 11 is 1.71. The first-order chi connectivity index (χ1) is 10.7. The molecule has 2 aromatic heterocycles. The van der Waals surface area contributed by atoms with Crippen LogP contribution in [0.5, 0.6) is 11.8 Å². The van der Waals surface area contributed by atoms with Crippen LogP contribution in [-0.4, -0.2) is 26.7 Å². The minimum absolute atomic E-state index is 0.155. The predicted octanol–water partition coefficient (Wildman–Crippen LogP) is 3.27. The lowest BCUT2D eigenvalue weighted by Crippen LogP contribution is -2.06. The second-order valence-corrected chi connectivity index (χ2v) is 5.78. The number of thiophene rings is 1. The molecule has 3 aromatic rings. The first kappa shape index (κ1) is 14.3. The number of anilines is 1. The van der Waals surface area contributed by atoms with E-state index in [4.69, 9.17) is 0 Å². The van der Waals surface area contributed by atoms with Crippen LogP contribution in [0.2, 0.25) is 0 Å². The number of benzene rings is 1. The number of rotatable bonds is 5. The molecule has 0 bridgehead atoms. The van der Waals surface area contributed by atoms with Gasteiger partial charge < -0.3 is 15.5 Å². The van der Waals surface area contributed by atoms with E-state index in [2.05, 4.69) is 21.4 Å². The number of nitrogens with one attached hydrogen (secondary N) is 1. The minimum atomic E-state index is -0.292. The molecule has 6 heteroatoms. The van der Waals surface area contributed by atoms with Crippen molar-refractivity contribution in [1.82, 2.24) is 9.97 Å². The van der Waals surface area contributed by atoms with Gasteiger partial charge in [0, 0.05) is 23.1 Å². The fourth-order valence-electron chi connectivity index (χ4n) is 2.11. The first-order valence-electron chi connectivity index (χ1n) is 6.84. The average Bonchev–Trinajstić information content (AvgIpc) is 3.00. The van der Waals surface area contributed by atoms with Crippen LogP contribution in [-0.2, 0) is 6.42 Å². The van der Waals surface area contributed by atoms with Crippen molar-refractivity contribution >= 4 is 17.2 Å². The Hall–Kier alpha value is -2.60. The Morgan fingerprint density at radius 3 is 2.73 bits per heavy atom. The van der Waals surface area contributed by atoms with E-state index in [1.54, 1.807) is 35.6 Å². The van der Waals surface area contributed by atoms with Gasteiger partial charge in [0.15, 0.2) is 0 Å². The third-order valence-corrected chi connectivity index (χ3v) is 4.05. The number of nitrogens with zero attached hydrogens (tertiary/aromatic N) is 2. The van der Waals surface area contributed by atoms with Crippen LogP contribution in [0.4, 0.5) is 5.82 Å². The van der Waals surface area contributed by atoms with E-state index in [9.17, 15) is 10.2 Å². The van der Waals surface area contributed by atoms with Crippen molar-refractivity contribution in [3.8, 4) is 23.0 Å². The quantitative estimate of drug-likeness (QED) is 0.674. The monoisotopic (exact) mass is 313 g/mol. The molecule has 0 aliphatic carbocycles. The Bertz CT molecular complexity index is 760. The van der Waals surface area contributed by atoms with E-state index in [0.717, 1.165) is 18.5 Å². The van der Waals surface area contributed by atoms with E-state index in [-0.39, 0.29) is 11.8 Å². The summed E-state index contributed by atoms with van der Waals surface area (Å²) in [4.78, 5) is 9.26. The Balaban J connectivity index is 1.75. The second kappa shape index (κ2) is 6.44. The topological polar surface area (TPSA) is 78.3 Å². The molecule has 0 aliphatic rings. The predicted molar refractivity (Wildman–Crippen MR) is 87.3 cm³/mol. The molecule has 0 spiro atoms. The van der Waals surface area contributed by atoms with Crippen molar-refractivity contribution in [3.63, 3.8) is 0 Å². The summed E-state index contributed by atoms with van der Waals surface area (Å²) < 4.78 is 0. The van der Waals surface area contributed by atoms with Crippen LogP contribution in [0.15, 0.2) is 47.8 Å². The van der Waals surface area contributed by atoms with Gasteiger partial charge in [-0.1, -0.05) is 18.2 Å². The van der Waals surface area contributed by atoms with Crippen molar-refractivity contribution in [2.45, 2.75) is 6.42 Å². The molecule has 0 radical (unpaired) electrons. The van der Waals surface area contributed by atoms with Crippen molar-refractivity contribution < 1.29 is 10.2 Å². The van der Waals surface area contributed by atoms with Crippen molar-refractivity contribution in [1.29, 1.82) is 0 Å². The molecule has 1 aromatic carbocycles. The van der Waals surface area contributed by atoms with Gasteiger partial charge in [-0.05, 0) is 30.0 Å². The van der Waals surface area contributed by atoms with E-state index in [0.29, 0.717) is 11.5 Å². The summed E-state index contributed by atoms with van der Waals surface area (Å²) in [6.07, 6.45) is 0.893. The van der Waals surface area contributed by atoms with E-state index in [1.807, 2.05) is 17.5 Å². The number of hydrogen-bond donors (Lipinski definition) is 3. The van der Waals surface area contributed by atoms with Gasteiger partial charge in [0.25, 0.3) is 0 Å². The zero-order valence-electron chi connectivity index (χ0n) is 11.7. The molecular formula is C16H15N3O2S. The van der Waals surface area contributed by atoms with Crippen LogP contribution >= 0.6 is 11.3 Å². The normalized spacial score (nSPS) is 10.5. The van der Waals surface area contributed by atoms with Crippen LogP contribution in [0, 0.1) is 0 Å². The highest BCUT2D eigenvalue weighted by molar-refractivity contribution is 7.09. The molecule has 0 unspecified atom stereocenters. The van der Waals surface area contributed by atoms with Gasteiger partial charge in [-0.3, -0.25) is 0 Å². The highest BCUT2D eigenvalue weighted by Gasteiger charge is 2.06. The summed E-state index contributed by atoms with van der Waals surface area (Å²) in [7, 11) is 0. The number of hydrogen-bond acceptors (Lipinski definition) is 6. The van der Waals surface area contributed by atoms with Gasteiger partial charge in [-0.25, -0.2) is 0 Å². The molecule has 0 atom stereocenters. The third-order valence-electron chi connectivity index (χ3n) is 3.11. The Morgan fingerprint density at radius 2 is 1.95 bits per heavy atom. The van der Waals surface area contributed by atoms with Gasteiger partial charge in [0.05, 0.1) is 5.69 Å². The number of phenols is 1. The Morgan fingerprint density at radius 1 is 1.05 bits per heavy atom. The lowest BCUT2D eigenvalue weighted by Gasteiger charge is -2.08. The summed E-state index contributed by atoms with van der Waals surface area (Å²) in [5.41, 5.74) is 1.28. The molecule has 112 valence electrons. The molecule has 0 saturated heterocycles. The molecule has 0 aliphatic heterocycles. The summed E-state index contributed by atoms with van der Waals surface area (Å²) in [5.74, 6) is 0.713. The molecule has 0 fully saturated rings. The molecule has 22 heavy (non-hydrogen) atoms. The van der Waals surface area contributed by atoms with Crippen LogP contribution in [0.1, 0.15) is 4.88 Å². The molecule has 5 nitrogen and oxygen atoms in total. The van der Waals surface area contributed by atoms with Crippen LogP contribution < -0.4 is 5.32 Å². The zero-order valence-corrected chi connectivity index (χ0v) is 12.5. The SMILES string of the molecule is Oc1cccc(-c2cc(NCCc3cccs3)nc(O)n2)c1. The fourth-order valence-corrected chi connectivity index (χ4v) is 2.82. The van der Waals surface area contributed by atoms with Gasteiger partial charge in [0.2, 0.25) is 0 Å². The Kier molecular flexibility index (Phi) is 4.20. The number of phenolic OH excluding ortho intramolecular Hbond substituents is 1. The smallest absolute Gasteiger partial charge is 0.316 e. The molecule has 0 saturated carbocycles. The highest BCUT2D eigenvalue weighted by atomic mass is 32.1. The van der Waals surface area contributed by atoms with Crippen molar-refractivity contribution in [3.05, 3.63) is 52.7 Å². The fraction of sp³-hybridized carbons (Fsp3) is 0.125. The molecule has 2 heterocycles. The summed E-state index contributed by atoms with van der Waals surface area (Å²) in [6.45, 7) is 0.719. The van der Waals surface area contributed by atoms with E-state index < -0.39 is 0 Å². The van der Waals surface area contributed by atoms with E-state index in [1.165, 1.54) is 4.88 Å². The minimum Gasteiger partial charge on any atom is -0.508 e. The molecular weight excluding hydrogens is 298 g/mol.